The fourth-order valence-corrected chi connectivity index (χ4v) is 1.91. The van der Waals surface area contributed by atoms with Crippen LogP contribution in [0.4, 0.5) is 0 Å². The third-order valence-corrected chi connectivity index (χ3v) is 3.21. The third-order valence-electron chi connectivity index (χ3n) is 3.21. The number of amides is 1. The second-order valence-electron chi connectivity index (χ2n) is 5.44. The van der Waals surface area contributed by atoms with Crippen LogP contribution in [0.15, 0.2) is 23.0 Å². The van der Waals surface area contributed by atoms with Gasteiger partial charge in [0.1, 0.15) is 18.0 Å². The van der Waals surface area contributed by atoms with E-state index in [1.165, 1.54) is 6.92 Å². The molecule has 0 saturated carbocycles. The lowest BCUT2D eigenvalue weighted by molar-refractivity contribution is -0.136. The van der Waals surface area contributed by atoms with Gasteiger partial charge in [-0.15, -0.1) is 0 Å². The van der Waals surface area contributed by atoms with Crippen molar-refractivity contribution in [1.29, 1.82) is 0 Å². The van der Waals surface area contributed by atoms with Crippen molar-refractivity contribution in [2.45, 2.75) is 51.3 Å². The highest BCUT2D eigenvalue weighted by Gasteiger charge is 2.28. The lowest BCUT2D eigenvalue weighted by Gasteiger charge is -2.24. The van der Waals surface area contributed by atoms with Gasteiger partial charge < -0.3 is 50.9 Å². The molecule has 26 heavy (non-hydrogen) atoms. The van der Waals surface area contributed by atoms with Crippen molar-refractivity contribution in [3.63, 3.8) is 0 Å². The van der Waals surface area contributed by atoms with Crippen molar-refractivity contribution in [1.82, 2.24) is 5.32 Å². The first-order chi connectivity index (χ1) is 12.1. The molecule has 0 bridgehead atoms. The average molecular weight is 381 g/mol. The highest BCUT2D eigenvalue weighted by Crippen LogP contribution is 2.19. The number of aliphatic hydroxyl groups excluding tert-OH is 8. The third kappa shape index (κ3) is 7.56. The van der Waals surface area contributed by atoms with Gasteiger partial charge in [-0.3, -0.25) is 4.79 Å². The molecule has 0 aromatic heterocycles. The Kier molecular flexibility index (Phi) is 10.8. The van der Waals surface area contributed by atoms with E-state index in [9.17, 15) is 35.4 Å². The van der Waals surface area contributed by atoms with Crippen LogP contribution in [0.5, 0.6) is 0 Å². The highest BCUT2D eigenvalue weighted by molar-refractivity contribution is 5.75. The van der Waals surface area contributed by atoms with Crippen molar-refractivity contribution >= 4 is 5.91 Å². The highest BCUT2D eigenvalue weighted by atomic mass is 16.6. The summed E-state index contributed by atoms with van der Waals surface area (Å²) in [6.07, 6.45) is -7.30. The van der Waals surface area contributed by atoms with Crippen molar-refractivity contribution in [2.75, 3.05) is 13.2 Å². The molecule has 1 amide bonds. The van der Waals surface area contributed by atoms with Crippen LogP contribution < -0.4 is 5.32 Å². The van der Waals surface area contributed by atoms with E-state index in [4.69, 9.17) is 14.9 Å². The van der Waals surface area contributed by atoms with Gasteiger partial charge >= 0.3 is 0 Å². The van der Waals surface area contributed by atoms with E-state index in [2.05, 4.69) is 5.32 Å². The molecule has 0 rings (SSSR count). The second kappa shape index (κ2) is 11.7. The van der Waals surface area contributed by atoms with Gasteiger partial charge in [-0.25, -0.2) is 0 Å². The number of hydrogen-bond acceptors (Lipinski definition) is 10. The first kappa shape index (κ1) is 24.1. The molecule has 0 aromatic carbocycles. The maximum absolute atomic E-state index is 11.2. The number of carbonyl (C=O) groups excluding carboxylic acids is 1. The number of nitrogens with one attached hydrogen (secondary N) is 1. The molecule has 0 heterocycles. The van der Waals surface area contributed by atoms with E-state index >= 15 is 0 Å². The predicted molar refractivity (Wildman–Crippen MR) is 87.7 cm³/mol. The van der Waals surface area contributed by atoms with E-state index in [-0.39, 0.29) is 18.5 Å². The number of hydrogen-bond donors (Lipinski definition) is 9. The zero-order valence-corrected chi connectivity index (χ0v) is 14.5. The molecule has 0 radical (unpaired) electrons. The molecule has 11 heteroatoms. The SMILES string of the molecule is CC(=O)N/C(=C(/O)[C@@H](CCO)O[C@H](O)/C(O)=C(\O)[C@@H](O)CCO)[C@H](C)O. The Balaban J connectivity index is 5.55. The molecule has 0 aliphatic rings. The van der Waals surface area contributed by atoms with E-state index in [0.717, 1.165) is 6.92 Å². The van der Waals surface area contributed by atoms with Crippen LogP contribution in [0.1, 0.15) is 26.7 Å². The molecule has 0 unspecified atom stereocenters. The maximum atomic E-state index is 11.2. The minimum atomic E-state index is -2.21. The van der Waals surface area contributed by atoms with Gasteiger partial charge in [0, 0.05) is 33.0 Å². The van der Waals surface area contributed by atoms with Crippen molar-refractivity contribution in [3.05, 3.63) is 23.0 Å². The Labute approximate surface area is 150 Å². The summed E-state index contributed by atoms with van der Waals surface area (Å²) in [7, 11) is 0. The Bertz CT molecular complexity index is 517. The number of carbonyl (C=O) groups is 1. The van der Waals surface area contributed by atoms with Gasteiger partial charge in [-0.1, -0.05) is 0 Å². The average Bonchev–Trinajstić information content (AvgIpc) is 2.56. The molecular formula is C15H27NO10. The molecular weight excluding hydrogens is 354 g/mol. The summed E-state index contributed by atoms with van der Waals surface area (Å²) < 4.78 is 4.96. The Morgan fingerprint density at radius 1 is 0.962 bits per heavy atom. The monoisotopic (exact) mass is 381 g/mol. The minimum Gasteiger partial charge on any atom is -0.508 e. The van der Waals surface area contributed by atoms with Crippen molar-refractivity contribution < 1.29 is 50.4 Å². The van der Waals surface area contributed by atoms with Crippen LogP contribution >= 0.6 is 0 Å². The molecule has 152 valence electrons. The Morgan fingerprint density at radius 2 is 1.50 bits per heavy atom. The molecule has 11 nitrogen and oxygen atoms in total. The quantitative estimate of drug-likeness (QED) is 0.149. The van der Waals surface area contributed by atoms with E-state index in [1.54, 1.807) is 0 Å². The number of rotatable bonds is 11. The van der Waals surface area contributed by atoms with E-state index in [0.29, 0.717) is 0 Å². The Morgan fingerprint density at radius 3 is 1.92 bits per heavy atom. The minimum absolute atomic E-state index is 0.300. The molecule has 0 aliphatic heterocycles. The number of ether oxygens (including phenoxy) is 1. The molecule has 0 aromatic rings. The summed E-state index contributed by atoms with van der Waals surface area (Å²) in [5, 5.41) is 78.4. The first-order valence-electron chi connectivity index (χ1n) is 7.80. The largest absolute Gasteiger partial charge is 0.508 e. The molecule has 0 saturated heterocycles. The standard InChI is InChI=1S/C15H27NO10/c1-7(19)11(16-8(2)20)13(23)10(4-6-18)26-15(25)14(24)12(22)9(21)3-5-17/h7,9-10,15,17-19,21-25H,3-6H2,1-2H3,(H,16,20)/b13-11+,14-12+/t7-,9-,10+,15-/m0/s1. The second-order valence-corrected chi connectivity index (χ2v) is 5.44. The van der Waals surface area contributed by atoms with E-state index < -0.39 is 61.0 Å². The predicted octanol–water partition coefficient (Wildman–Crippen LogP) is -1.57. The van der Waals surface area contributed by atoms with Gasteiger partial charge in [-0.2, -0.15) is 0 Å². The number of aliphatic hydroxyl groups is 8. The molecule has 4 atom stereocenters. The topological polar surface area (TPSA) is 200 Å². The van der Waals surface area contributed by atoms with Gasteiger partial charge in [-0.05, 0) is 6.92 Å². The van der Waals surface area contributed by atoms with Gasteiger partial charge in [0.25, 0.3) is 0 Å². The van der Waals surface area contributed by atoms with E-state index in [1.807, 2.05) is 0 Å². The molecule has 0 spiro atoms. The lowest BCUT2D eigenvalue weighted by atomic mass is 10.1. The van der Waals surface area contributed by atoms with Gasteiger partial charge in [0.15, 0.2) is 11.5 Å². The summed E-state index contributed by atoms with van der Waals surface area (Å²) in [4.78, 5) is 11.2. The van der Waals surface area contributed by atoms with Crippen LogP contribution in [0.2, 0.25) is 0 Å². The zero-order chi connectivity index (χ0) is 20.4. The zero-order valence-electron chi connectivity index (χ0n) is 14.5. The van der Waals surface area contributed by atoms with Gasteiger partial charge in [0.2, 0.25) is 12.2 Å². The lowest BCUT2D eigenvalue weighted by Crippen LogP contribution is -2.34. The summed E-state index contributed by atoms with van der Waals surface area (Å²) in [5.41, 5.74) is -0.337. The summed E-state index contributed by atoms with van der Waals surface area (Å²) >= 11 is 0. The summed E-state index contributed by atoms with van der Waals surface area (Å²) in [6, 6.07) is 0. The summed E-state index contributed by atoms with van der Waals surface area (Å²) in [6.45, 7) is 1.34. The van der Waals surface area contributed by atoms with Gasteiger partial charge in [0.05, 0.1) is 11.8 Å². The smallest absolute Gasteiger partial charge is 0.221 e. The molecule has 9 N–H and O–H groups in total. The van der Waals surface area contributed by atoms with Crippen LogP contribution in [-0.2, 0) is 9.53 Å². The first-order valence-corrected chi connectivity index (χ1v) is 7.80. The van der Waals surface area contributed by atoms with Crippen molar-refractivity contribution in [2.24, 2.45) is 0 Å². The van der Waals surface area contributed by atoms with Crippen LogP contribution in [0.3, 0.4) is 0 Å². The molecule has 0 fully saturated rings. The fraction of sp³-hybridized carbons (Fsp3) is 0.667. The Hall–Kier alpha value is -1.89. The maximum Gasteiger partial charge on any atom is 0.221 e. The van der Waals surface area contributed by atoms with Crippen molar-refractivity contribution in [3.8, 4) is 0 Å². The fourth-order valence-electron chi connectivity index (χ4n) is 1.91. The van der Waals surface area contributed by atoms with Crippen LogP contribution in [-0.4, -0.2) is 84.6 Å². The van der Waals surface area contributed by atoms with Crippen LogP contribution in [0.25, 0.3) is 0 Å². The summed E-state index contributed by atoms with van der Waals surface area (Å²) in [5.74, 6) is -3.54. The normalized spacial score (nSPS) is 18.3. The van der Waals surface area contributed by atoms with Crippen LogP contribution in [0, 0.1) is 0 Å². The molecule has 0 aliphatic carbocycles.